The maximum atomic E-state index is 12.9. The number of carboxylic acid groups (broad SMARTS) is 1. The van der Waals surface area contributed by atoms with Crippen molar-refractivity contribution in [1.29, 1.82) is 0 Å². The summed E-state index contributed by atoms with van der Waals surface area (Å²) in [4.78, 5) is 20.0. The van der Waals surface area contributed by atoms with Gasteiger partial charge in [-0.05, 0) is 12.8 Å². The molecule has 6 heteroatoms. The van der Waals surface area contributed by atoms with Gasteiger partial charge in [0.15, 0.2) is 0 Å². The van der Waals surface area contributed by atoms with Crippen molar-refractivity contribution in [2.45, 2.75) is 12.8 Å². The average molecular weight is 225 g/mol. The summed E-state index contributed by atoms with van der Waals surface area (Å²) < 4.78 is 12.9. The molecule has 16 heavy (non-hydrogen) atoms. The van der Waals surface area contributed by atoms with E-state index >= 15 is 0 Å². The first kappa shape index (κ1) is 10.8. The van der Waals surface area contributed by atoms with Crippen LogP contribution in [-0.2, 0) is 4.79 Å². The number of anilines is 1. The number of carboxylic acids is 1. The Morgan fingerprint density at radius 3 is 2.69 bits per heavy atom. The molecule has 1 aliphatic rings. The molecule has 0 saturated carbocycles. The molecule has 0 bridgehead atoms. The third-order valence-electron chi connectivity index (χ3n) is 2.79. The van der Waals surface area contributed by atoms with Gasteiger partial charge in [-0.3, -0.25) is 4.79 Å². The SMILES string of the molecule is O=C(O)C1CCN(c2cc(F)ncn2)CC1. The molecule has 1 N–H and O–H groups in total. The highest BCUT2D eigenvalue weighted by molar-refractivity contribution is 5.70. The van der Waals surface area contributed by atoms with Gasteiger partial charge in [-0.25, -0.2) is 9.97 Å². The van der Waals surface area contributed by atoms with Crippen molar-refractivity contribution >= 4 is 11.8 Å². The minimum absolute atomic E-state index is 0.289. The molecule has 1 aromatic rings. The predicted molar refractivity (Wildman–Crippen MR) is 54.6 cm³/mol. The van der Waals surface area contributed by atoms with Crippen LogP contribution < -0.4 is 4.90 Å². The summed E-state index contributed by atoms with van der Waals surface area (Å²) in [6, 6.07) is 1.26. The molecule has 2 heterocycles. The van der Waals surface area contributed by atoms with Crippen LogP contribution in [-0.4, -0.2) is 34.1 Å². The van der Waals surface area contributed by atoms with Gasteiger partial charge in [0, 0.05) is 19.2 Å². The zero-order valence-corrected chi connectivity index (χ0v) is 8.64. The second-order valence-corrected chi connectivity index (χ2v) is 3.80. The summed E-state index contributed by atoms with van der Waals surface area (Å²) in [7, 11) is 0. The van der Waals surface area contributed by atoms with Crippen LogP contribution in [0, 0.1) is 11.9 Å². The zero-order valence-electron chi connectivity index (χ0n) is 8.64. The molecule has 1 aromatic heterocycles. The molecule has 1 fully saturated rings. The smallest absolute Gasteiger partial charge is 0.306 e. The van der Waals surface area contributed by atoms with Gasteiger partial charge in [-0.1, -0.05) is 0 Å². The third-order valence-corrected chi connectivity index (χ3v) is 2.79. The Hall–Kier alpha value is -1.72. The van der Waals surface area contributed by atoms with E-state index in [1.54, 1.807) is 0 Å². The van der Waals surface area contributed by atoms with Crippen LogP contribution in [0.4, 0.5) is 10.2 Å². The van der Waals surface area contributed by atoms with Crippen LogP contribution >= 0.6 is 0 Å². The lowest BCUT2D eigenvalue weighted by Gasteiger charge is -2.30. The topological polar surface area (TPSA) is 66.3 Å². The van der Waals surface area contributed by atoms with Crippen LogP contribution in [0.5, 0.6) is 0 Å². The number of rotatable bonds is 2. The lowest BCUT2D eigenvalue weighted by Crippen LogP contribution is -2.36. The lowest BCUT2D eigenvalue weighted by molar-refractivity contribution is -0.142. The number of piperidine rings is 1. The summed E-state index contributed by atoms with van der Waals surface area (Å²) in [5.74, 6) is -1.09. The van der Waals surface area contributed by atoms with Gasteiger partial charge in [0.25, 0.3) is 0 Å². The van der Waals surface area contributed by atoms with Gasteiger partial charge in [-0.15, -0.1) is 0 Å². The van der Waals surface area contributed by atoms with E-state index in [0.717, 1.165) is 0 Å². The van der Waals surface area contributed by atoms with E-state index in [1.807, 2.05) is 4.90 Å². The van der Waals surface area contributed by atoms with Crippen molar-refractivity contribution in [1.82, 2.24) is 9.97 Å². The molecule has 5 nitrogen and oxygen atoms in total. The highest BCUT2D eigenvalue weighted by Gasteiger charge is 2.25. The van der Waals surface area contributed by atoms with Crippen molar-refractivity contribution in [2.75, 3.05) is 18.0 Å². The van der Waals surface area contributed by atoms with E-state index in [1.165, 1.54) is 12.4 Å². The van der Waals surface area contributed by atoms with Gasteiger partial charge in [0.1, 0.15) is 12.1 Å². The fourth-order valence-corrected chi connectivity index (χ4v) is 1.85. The maximum absolute atomic E-state index is 12.9. The molecule has 0 atom stereocenters. The first-order valence-electron chi connectivity index (χ1n) is 5.12. The molecule has 0 radical (unpaired) electrons. The Morgan fingerprint density at radius 1 is 1.44 bits per heavy atom. The molecule has 0 aliphatic carbocycles. The van der Waals surface area contributed by atoms with E-state index in [-0.39, 0.29) is 5.92 Å². The first-order valence-corrected chi connectivity index (χ1v) is 5.12. The van der Waals surface area contributed by atoms with E-state index in [4.69, 9.17) is 5.11 Å². The maximum Gasteiger partial charge on any atom is 0.306 e. The van der Waals surface area contributed by atoms with Crippen LogP contribution in [0.2, 0.25) is 0 Å². The number of aliphatic carboxylic acids is 1. The van der Waals surface area contributed by atoms with Crippen molar-refractivity contribution in [3.8, 4) is 0 Å². The standard InChI is InChI=1S/C10H12FN3O2/c11-8-5-9(13-6-12-8)14-3-1-7(2-4-14)10(15)16/h5-7H,1-4H2,(H,15,16). The van der Waals surface area contributed by atoms with E-state index in [0.29, 0.717) is 31.7 Å². The molecule has 2 rings (SSSR count). The van der Waals surface area contributed by atoms with Gasteiger partial charge >= 0.3 is 5.97 Å². The number of nitrogens with zero attached hydrogens (tertiary/aromatic N) is 3. The average Bonchev–Trinajstić information content (AvgIpc) is 2.29. The highest BCUT2D eigenvalue weighted by atomic mass is 19.1. The zero-order chi connectivity index (χ0) is 11.5. The summed E-state index contributed by atoms with van der Waals surface area (Å²) in [5.41, 5.74) is 0. The van der Waals surface area contributed by atoms with Crippen LogP contribution in [0.1, 0.15) is 12.8 Å². The molecule has 1 saturated heterocycles. The second-order valence-electron chi connectivity index (χ2n) is 3.80. The lowest BCUT2D eigenvalue weighted by atomic mass is 9.97. The van der Waals surface area contributed by atoms with E-state index < -0.39 is 11.9 Å². The van der Waals surface area contributed by atoms with Crippen LogP contribution in [0.25, 0.3) is 0 Å². The minimum atomic E-state index is -0.756. The molecule has 0 unspecified atom stereocenters. The quantitative estimate of drug-likeness (QED) is 0.758. The number of carbonyl (C=O) groups is 1. The fraction of sp³-hybridized carbons (Fsp3) is 0.500. The Kier molecular flexibility index (Phi) is 2.98. The Bertz CT molecular complexity index is 391. The Balaban J connectivity index is 2.01. The first-order chi connectivity index (χ1) is 7.66. The van der Waals surface area contributed by atoms with Crippen molar-refractivity contribution in [2.24, 2.45) is 5.92 Å². The predicted octanol–water partition coefficient (Wildman–Crippen LogP) is 0.917. The second kappa shape index (κ2) is 4.42. The van der Waals surface area contributed by atoms with Crippen LogP contribution in [0.3, 0.4) is 0 Å². The fourth-order valence-electron chi connectivity index (χ4n) is 1.85. The Morgan fingerprint density at radius 2 is 2.12 bits per heavy atom. The van der Waals surface area contributed by atoms with Crippen LogP contribution in [0.15, 0.2) is 12.4 Å². The number of halogens is 1. The van der Waals surface area contributed by atoms with Gasteiger partial charge in [-0.2, -0.15) is 4.39 Å². The molecule has 0 aromatic carbocycles. The highest BCUT2D eigenvalue weighted by Crippen LogP contribution is 2.21. The van der Waals surface area contributed by atoms with Crippen molar-refractivity contribution in [3.63, 3.8) is 0 Å². The van der Waals surface area contributed by atoms with Gasteiger partial charge in [0.05, 0.1) is 5.92 Å². The Labute approximate surface area is 91.9 Å². The van der Waals surface area contributed by atoms with E-state index in [9.17, 15) is 9.18 Å². The van der Waals surface area contributed by atoms with Gasteiger partial charge in [0.2, 0.25) is 5.95 Å². The molecule has 1 aliphatic heterocycles. The monoisotopic (exact) mass is 225 g/mol. The minimum Gasteiger partial charge on any atom is -0.481 e. The third kappa shape index (κ3) is 2.26. The summed E-state index contributed by atoms with van der Waals surface area (Å²) >= 11 is 0. The summed E-state index contributed by atoms with van der Waals surface area (Å²) in [6.45, 7) is 1.18. The molecule has 86 valence electrons. The number of aromatic nitrogens is 2. The number of hydrogen-bond acceptors (Lipinski definition) is 4. The van der Waals surface area contributed by atoms with Crippen molar-refractivity contribution < 1.29 is 14.3 Å². The van der Waals surface area contributed by atoms with E-state index in [2.05, 4.69) is 9.97 Å². The molecule has 0 amide bonds. The molecular weight excluding hydrogens is 213 g/mol. The summed E-state index contributed by atoms with van der Waals surface area (Å²) in [6.07, 6.45) is 2.32. The van der Waals surface area contributed by atoms with Crippen molar-refractivity contribution in [3.05, 3.63) is 18.3 Å². The normalized spacial score (nSPS) is 17.4. The summed E-state index contributed by atoms with van der Waals surface area (Å²) in [5, 5.41) is 8.84. The molecular formula is C10H12FN3O2. The largest absolute Gasteiger partial charge is 0.481 e. The molecule has 0 spiro atoms. The van der Waals surface area contributed by atoms with Gasteiger partial charge < -0.3 is 10.0 Å². The number of hydrogen-bond donors (Lipinski definition) is 1.